The van der Waals surface area contributed by atoms with Crippen LogP contribution in [0, 0.1) is 13.8 Å². The van der Waals surface area contributed by atoms with Gasteiger partial charge in [-0.15, -0.1) is 0 Å². The van der Waals surface area contributed by atoms with Crippen LogP contribution in [0.2, 0.25) is 0 Å². The Morgan fingerprint density at radius 3 is 2.22 bits per heavy atom. The summed E-state index contributed by atoms with van der Waals surface area (Å²) in [6.45, 7) is 4.15. The summed E-state index contributed by atoms with van der Waals surface area (Å²) in [7, 11) is 0. The second-order valence-corrected chi connectivity index (χ2v) is 6.31. The van der Waals surface area contributed by atoms with E-state index >= 15 is 0 Å². The molecule has 23 heavy (non-hydrogen) atoms. The summed E-state index contributed by atoms with van der Waals surface area (Å²) in [5.41, 5.74) is 4.38. The van der Waals surface area contributed by atoms with Crippen molar-refractivity contribution < 1.29 is 0 Å². The van der Waals surface area contributed by atoms with E-state index in [0.717, 1.165) is 21.7 Å². The zero-order valence-corrected chi connectivity index (χ0v) is 14.6. The topological polar surface area (TPSA) is 49.8 Å². The van der Waals surface area contributed by atoms with Gasteiger partial charge in [0.1, 0.15) is 5.82 Å². The molecule has 0 spiro atoms. The molecule has 2 aromatic carbocycles. The third kappa shape index (κ3) is 4.29. The van der Waals surface area contributed by atoms with Crippen molar-refractivity contribution in [3.05, 3.63) is 70.3 Å². The molecule has 0 atom stereocenters. The minimum Gasteiger partial charge on any atom is -0.340 e. The zero-order valence-electron chi connectivity index (χ0n) is 13.0. The number of aromatic nitrogens is 2. The lowest BCUT2D eigenvalue weighted by Crippen LogP contribution is -2.00. The lowest BCUT2D eigenvalue weighted by molar-refractivity contribution is 1.16. The molecular formula is C18H17BrN4. The van der Waals surface area contributed by atoms with Crippen molar-refractivity contribution in [2.24, 2.45) is 0 Å². The Labute approximate surface area is 144 Å². The van der Waals surface area contributed by atoms with Gasteiger partial charge in [-0.3, -0.25) is 0 Å². The molecule has 3 aromatic rings. The van der Waals surface area contributed by atoms with Crippen LogP contribution in [0.1, 0.15) is 11.1 Å². The summed E-state index contributed by atoms with van der Waals surface area (Å²) in [5.74, 6) is 1.31. The van der Waals surface area contributed by atoms with Crippen LogP contribution in [0.15, 0.2) is 59.2 Å². The first-order chi connectivity index (χ1) is 11.1. The van der Waals surface area contributed by atoms with Gasteiger partial charge in [0.15, 0.2) is 0 Å². The zero-order chi connectivity index (χ0) is 16.2. The van der Waals surface area contributed by atoms with Crippen molar-refractivity contribution >= 4 is 39.1 Å². The van der Waals surface area contributed by atoms with Crippen molar-refractivity contribution in [1.29, 1.82) is 0 Å². The monoisotopic (exact) mass is 368 g/mol. The predicted octanol–water partition coefficient (Wildman–Crippen LogP) is 5.34. The maximum atomic E-state index is 4.50. The molecule has 0 radical (unpaired) electrons. The second kappa shape index (κ2) is 6.79. The number of halogens is 1. The molecule has 116 valence electrons. The summed E-state index contributed by atoms with van der Waals surface area (Å²) < 4.78 is 1.04. The van der Waals surface area contributed by atoms with E-state index in [9.17, 15) is 0 Å². The predicted molar refractivity (Wildman–Crippen MR) is 98.7 cm³/mol. The highest BCUT2D eigenvalue weighted by Gasteiger charge is 2.02. The molecule has 1 aromatic heterocycles. The van der Waals surface area contributed by atoms with Crippen LogP contribution in [0.25, 0.3) is 0 Å². The van der Waals surface area contributed by atoms with Crippen LogP contribution in [0.3, 0.4) is 0 Å². The molecular weight excluding hydrogens is 352 g/mol. The SMILES string of the molecule is Cc1cc(C)cc(Nc2nccc(Nc3ccc(Br)cc3)n2)c1. The fraction of sp³-hybridized carbons (Fsp3) is 0.111. The molecule has 1 heterocycles. The van der Waals surface area contributed by atoms with Gasteiger partial charge >= 0.3 is 0 Å². The minimum atomic E-state index is 0.567. The van der Waals surface area contributed by atoms with Crippen molar-refractivity contribution in [3.8, 4) is 0 Å². The molecule has 0 saturated heterocycles. The normalized spacial score (nSPS) is 10.4. The number of aryl methyl sites for hydroxylation is 2. The molecule has 4 nitrogen and oxygen atoms in total. The third-order valence-corrected chi connectivity index (χ3v) is 3.78. The quantitative estimate of drug-likeness (QED) is 0.652. The first-order valence-corrected chi connectivity index (χ1v) is 8.09. The highest BCUT2D eigenvalue weighted by Crippen LogP contribution is 2.20. The summed E-state index contributed by atoms with van der Waals surface area (Å²) in [6, 6.07) is 16.1. The molecule has 2 N–H and O–H groups in total. The first kappa shape index (κ1) is 15.5. The van der Waals surface area contributed by atoms with E-state index in [0.29, 0.717) is 5.95 Å². The number of rotatable bonds is 4. The van der Waals surface area contributed by atoms with Gasteiger partial charge in [-0.1, -0.05) is 22.0 Å². The molecule has 0 fully saturated rings. The van der Waals surface area contributed by atoms with E-state index in [1.165, 1.54) is 11.1 Å². The van der Waals surface area contributed by atoms with Crippen LogP contribution in [-0.2, 0) is 0 Å². The summed E-state index contributed by atoms with van der Waals surface area (Å²) in [4.78, 5) is 8.78. The smallest absolute Gasteiger partial charge is 0.229 e. The fourth-order valence-electron chi connectivity index (χ4n) is 2.35. The number of benzene rings is 2. The highest BCUT2D eigenvalue weighted by molar-refractivity contribution is 9.10. The summed E-state index contributed by atoms with van der Waals surface area (Å²) in [6.07, 6.45) is 1.74. The Balaban J connectivity index is 1.78. The van der Waals surface area contributed by atoms with E-state index in [2.05, 4.69) is 68.6 Å². The molecule has 0 amide bonds. The number of hydrogen-bond acceptors (Lipinski definition) is 4. The number of nitrogens with one attached hydrogen (secondary N) is 2. The van der Waals surface area contributed by atoms with Crippen LogP contribution >= 0.6 is 15.9 Å². The number of nitrogens with zero attached hydrogens (tertiary/aromatic N) is 2. The highest BCUT2D eigenvalue weighted by atomic mass is 79.9. The lowest BCUT2D eigenvalue weighted by atomic mass is 10.1. The maximum Gasteiger partial charge on any atom is 0.229 e. The third-order valence-electron chi connectivity index (χ3n) is 3.25. The molecule has 0 unspecified atom stereocenters. The van der Waals surface area contributed by atoms with Gasteiger partial charge in [0, 0.05) is 22.0 Å². The molecule has 0 aliphatic carbocycles. The van der Waals surface area contributed by atoms with Gasteiger partial charge in [-0.2, -0.15) is 4.98 Å². The molecule has 5 heteroatoms. The van der Waals surface area contributed by atoms with Crippen LogP contribution in [-0.4, -0.2) is 9.97 Å². The van der Waals surface area contributed by atoms with Crippen molar-refractivity contribution in [2.45, 2.75) is 13.8 Å². The van der Waals surface area contributed by atoms with E-state index in [-0.39, 0.29) is 0 Å². The van der Waals surface area contributed by atoms with Gasteiger partial charge < -0.3 is 10.6 Å². The molecule has 0 saturated carbocycles. The Morgan fingerprint density at radius 2 is 1.52 bits per heavy atom. The van der Waals surface area contributed by atoms with Crippen molar-refractivity contribution in [3.63, 3.8) is 0 Å². The molecule has 3 rings (SSSR count). The van der Waals surface area contributed by atoms with E-state index in [1.54, 1.807) is 6.20 Å². The van der Waals surface area contributed by atoms with E-state index < -0.39 is 0 Å². The van der Waals surface area contributed by atoms with Crippen LogP contribution in [0.5, 0.6) is 0 Å². The van der Waals surface area contributed by atoms with Gasteiger partial charge in [-0.05, 0) is 67.4 Å². The average molecular weight is 369 g/mol. The van der Waals surface area contributed by atoms with E-state index in [4.69, 9.17) is 0 Å². The largest absolute Gasteiger partial charge is 0.340 e. The molecule has 0 aliphatic heterocycles. The molecule has 0 aliphatic rings. The average Bonchev–Trinajstić information content (AvgIpc) is 2.49. The Hall–Kier alpha value is -2.40. The van der Waals surface area contributed by atoms with E-state index in [1.807, 2.05) is 30.3 Å². The standard InChI is InChI=1S/C18H17BrN4/c1-12-9-13(2)11-16(10-12)22-18-20-8-7-17(23-18)21-15-5-3-14(19)4-6-15/h3-11H,1-2H3,(H2,20,21,22,23). The van der Waals surface area contributed by atoms with Gasteiger partial charge in [0.25, 0.3) is 0 Å². The van der Waals surface area contributed by atoms with Gasteiger partial charge in [0.2, 0.25) is 5.95 Å². The molecule has 0 bridgehead atoms. The van der Waals surface area contributed by atoms with Crippen molar-refractivity contribution in [1.82, 2.24) is 9.97 Å². The number of hydrogen-bond donors (Lipinski definition) is 2. The second-order valence-electron chi connectivity index (χ2n) is 5.40. The summed E-state index contributed by atoms with van der Waals surface area (Å²) in [5, 5.41) is 6.52. The van der Waals surface area contributed by atoms with Gasteiger partial charge in [-0.25, -0.2) is 4.98 Å². The van der Waals surface area contributed by atoms with Crippen LogP contribution < -0.4 is 10.6 Å². The fourth-order valence-corrected chi connectivity index (χ4v) is 2.61. The Kier molecular flexibility index (Phi) is 4.57. The lowest BCUT2D eigenvalue weighted by Gasteiger charge is -2.09. The number of anilines is 4. The van der Waals surface area contributed by atoms with Crippen molar-refractivity contribution in [2.75, 3.05) is 10.6 Å². The van der Waals surface area contributed by atoms with Gasteiger partial charge in [0.05, 0.1) is 0 Å². The Bertz CT molecular complexity index is 795. The minimum absolute atomic E-state index is 0.567. The van der Waals surface area contributed by atoms with Crippen LogP contribution in [0.4, 0.5) is 23.1 Å². The first-order valence-electron chi connectivity index (χ1n) is 7.29. The maximum absolute atomic E-state index is 4.50. The Morgan fingerprint density at radius 1 is 0.826 bits per heavy atom. The summed E-state index contributed by atoms with van der Waals surface area (Å²) >= 11 is 3.43.